The molecule has 0 unspecified atom stereocenters. The Kier molecular flexibility index (Phi) is 10.1. The minimum Gasteiger partial charge on any atom is -0.489 e. The van der Waals surface area contributed by atoms with Gasteiger partial charge in [0.1, 0.15) is 19.0 Å². The fourth-order valence-corrected chi connectivity index (χ4v) is 7.20. The van der Waals surface area contributed by atoms with Crippen molar-refractivity contribution < 1.29 is 36.6 Å². The summed E-state index contributed by atoms with van der Waals surface area (Å²) in [7, 11) is -3.77. The Morgan fingerprint density at radius 2 is 1.49 bits per heavy atom. The second kappa shape index (κ2) is 14.7. The van der Waals surface area contributed by atoms with Gasteiger partial charge >= 0.3 is 12.1 Å². The highest BCUT2D eigenvalue weighted by molar-refractivity contribution is 7.93. The monoisotopic (exact) mass is 710 g/mol. The van der Waals surface area contributed by atoms with Crippen LogP contribution in [0.4, 0.5) is 16.2 Å². The van der Waals surface area contributed by atoms with E-state index < -0.39 is 32.9 Å². The topological polar surface area (TPSA) is 141 Å². The molecule has 264 valence electrons. The van der Waals surface area contributed by atoms with Crippen LogP contribution in [-0.4, -0.2) is 32.8 Å². The van der Waals surface area contributed by atoms with Gasteiger partial charge in [0.05, 0.1) is 23.2 Å². The van der Waals surface area contributed by atoms with E-state index in [-0.39, 0.29) is 59.2 Å². The molecule has 0 spiro atoms. The molecule has 2 heterocycles. The summed E-state index contributed by atoms with van der Waals surface area (Å²) in [5, 5.41) is 2.44. The van der Waals surface area contributed by atoms with Gasteiger partial charge in [0.2, 0.25) is 21.2 Å². The first kappa shape index (κ1) is 35.2. The van der Waals surface area contributed by atoms with Crippen LogP contribution in [0.5, 0.6) is 11.5 Å². The maximum atomic E-state index is 14.4. The summed E-state index contributed by atoms with van der Waals surface area (Å²) in [6.45, 7) is 6.02. The number of ether oxygens (including phenoxy) is 3. The number of rotatable bonds is 10. The summed E-state index contributed by atoms with van der Waals surface area (Å²) in [6.07, 6.45) is -0.732. The molecule has 1 aromatic heterocycles. The van der Waals surface area contributed by atoms with E-state index in [4.69, 9.17) is 18.6 Å². The third kappa shape index (κ3) is 8.58. The van der Waals surface area contributed by atoms with Crippen molar-refractivity contribution >= 4 is 44.4 Å². The van der Waals surface area contributed by atoms with Gasteiger partial charge in [-0.15, -0.1) is 0 Å². The molecule has 51 heavy (non-hydrogen) atoms. The number of sulfonamides is 1. The lowest BCUT2D eigenvalue weighted by Gasteiger charge is -2.21. The maximum absolute atomic E-state index is 14.4. The average Bonchev–Trinajstić information content (AvgIpc) is 3.45. The predicted octanol–water partition coefficient (Wildman–Crippen LogP) is 7.67. The molecule has 1 fully saturated rings. The number of esters is 1. The van der Waals surface area contributed by atoms with Crippen molar-refractivity contribution in [2.24, 2.45) is 5.41 Å². The van der Waals surface area contributed by atoms with E-state index in [0.717, 1.165) is 15.4 Å². The summed E-state index contributed by atoms with van der Waals surface area (Å²) in [4.78, 5) is 39.5. The quantitative estimate of drug-likeness (QED) is 0.114. The summed E-state index contributed by atoms with van der Waals surface area (Å²) < 4.78 is 51.1. The van der Waals surface area contributed by atoms with Gasteiger partial charge in [-0.3, -0.25) is 19.2 Å². The number of nitrogens with one attached hydrogen (secondary N) is 1. The number of anilines is 2. The molecule has 0 saturated carbocycles. The van der Waals surface area contributed by atoms with Crippen LogP contribution in [0.25, 0.3) is 22.3 Å². The number of fused-ring (bicyclic) bond motifs is 1. The van der Waals surface area contributed by atoms with E-state index >= 15 is 0 Å². The minimum atomic E-state index is -3.77. The first-order valence-electron chi connectivity index (χ1n) is 16.5. The number of carbonyl (C=O) groups excluding carboxylic acids is 2. The number of carbonyl (C=O) groups is 2. The number of nitrogens with zero attached hydrogens (tertiary/aromatic N) is 1. The first-order chi connectivity index (χ1) is 24.4. The average molecular weight is 711 g/mol. The highest BCUT2D eigenvalue weighted by atomic mass is 32.2. The Labute approximate surface area is 295 Å². The van der Waals surface area contributed by atoms with Crippen LogP contribution in [0.15, 0.2) is 106 Å². The van der Waals surface area contributed by atoms with E-state index in [2.05, 4.69) is 5.32 Å². The molecule has 1 aliphatic heterocycles. The van der Waals surface area contributed by atoms with Crippen LogP contribution in [0.2, 0.25) is 0 Å². The van der Waals surface area contributed by atoms with Crippen LogP contribution in [0.3, 0.4) is 0 Å². The van der Waals surface area contributed by atoms with Gasteiger partial charge in [-0.2, -0.15) is 0 Å². The van der Waals surface area contributed by atoms with Crippen molar-refractivity contribution in [3.63, 3.8) is 0 Å². The predicted molar refractivity (Wildman–Crippen MR) is 194 cm³/mol. The van der Waals surface area contributed by atoms with Gasteiger partial charge in [-0.25, -0.2) is 13.2 Å². The lowest BCUT2D eigenvalue weighted by atomic mass is 9.93. The highest BCUT2D eigenvalue weighted by Gasteiger charge is 2.33. The Bertz CT molecular complexity index is 2210. The third-order valence-corrected chi connectivity index (χ3v) is 9.87. The molecular formula is C39H38N2O9S. The fourth-order valence-electron chi connectivity index (χ4n) is 5.64. The SMILES string of the molecule is CC(C)(C)CC(=O)OC(=O)Nc1cc(N2CCCS2(=O)=O)c2oc(-c3ccc(OCc4ccccc4)cc3)c(OCc3ccccc3)c(=O)c2c1. The number of hydrogen-bond donors (Lipinski definition) is 1. The van der Waals surface area contributed by atoms with Crippen LogP contribution in [0, 0.1) is 5.41 Å². The first-order valence-corrected chi connectivity index (χ1v) is 18.1. The van der Waals surface area contributed by atoms with E-state index in [9.17, 15) is 22.8 Å². The van der Waals surface area contributed by atoms with Gasteiger partial charge < -0.3 is 18.6 Å². The largest absolute Gasteiger partial charge is 0.489 e. The van der Waals surface area contributed by atoms with E-state index in [1.165, 1.54) is 12.1 Å². The second-order valence-electron chi connectivity index (χ2n) is 13.4. The van der Waals surface area contributed by atoms with Crippen LogP contribution >= 0.6 is 0 Å². The van der Waals surface area contributed by atoms with Crippen molar-refractivity contribution in [3.8, 4) is 22.8 Å². The molecule has 6 rings (SSSR count). The van der Waals surface area contributed by atoms with E-state index in [1.54, 1.807) is 24.3 Å². The van der Waals surface area contributed by atoms with Crippen molar-refractivity contribution in [2.45, 2.75) is 46.8 Å². The van der Waals surface area contributed by atoms with Gasteiger partial charge in [0.25, 0.3) is 0 Å². The lowest BCUT2D eigenvalue weighted by Crippen LogP contribution is -2.26. The molecule has 0 atom stereocenters. The molecule has 12 heteroatoms. The Morgan fingerprint density at radius 3 is 2.08 bits per heavy atom. The zero-order valence-electron chi connectivity index (χ0n) is 28.5. The normalized spacial score (nSPS) is 13.9. The molecule has 11 nitrogen and oxygen atoms in total. The van der Waals surface area contributed by atoms with Crippen molar-refractivity contribution in [1.82, 2.24) is 0 Å². The molecule has 1 saturated heterocycles. The smallest absolute Gasteiger partial charge is 0.419 e. The summed E-state index contributed by atoms with van der Waals surface area (Å²) in [5.74, 6) is -0.274. The molecule has 0 aliphatic carbocycles. The highest BCUT2D eigenvalue weighted by Crippen LogP contribution is 2.39. The Morgan fingerprint density at radius 1 is 0.863 bits per heavy atom. The fraction of sp³-hybridized carbons (Fsp3) is 0.256. The summed E-state index contributed by atoms with van der Waals surface area (Å²) in [6, 6.07) is 28.7. The molecule has 1 aliphatic rings. The standard InChI is InChI=1S/C39H38N2O9S/c1-39(2,3)23-33(42)49-38(44)40-29-21-31-34(43)37(48-25-27-13-8-5-9-14-27)35(50-36(31)32(22-29)41-19-10-20-51(41,45)46)28-15-17-30(18-16-28)47-24-26-11-6-4-7-12-26/h4-9,11-18,21-22H,10,19-20,23-25H2,1-3H3,(H,40,44). The molecule has 0 radical (unpaired) electrons. The third-order valence-electron chi connectivity index (χ3n) is 8.02. The lowest BCUT2D eigenvalue weighted by molar-refractivity contribution is -0.138. The van der Waals surface area contributed by atoms with Gasteiger partial charge in [0.15, 0.2) is 11.3 Å². The van der Waals surface area contributed by atoms with E-state index in [1.807, 2.05) is 81.4 Å². The zero-order valence-corrected chi connectivity index (χ0v) is 29.3. The maximum Gasteiger partial charge on any atom is 0.419 e. The Hall–Kier alpha value is -5.62. The van der Waals surface area contributed by atoms with Crippen LogP contribution in [0.1, 0.15) is 44.7 Å². The minimum absolute atomic E-state index is 0.00990. The van der Waals surface area contributed by atoms with Crippen LogP contribution in [-0.2, 0) is 32.8 Å². The van der Waals surface area contributed by atoms with Gasteiger partial charge in [0, 0.05) is 17.8 Å². The zero-order chi connectivity index (χ0) is 36.2. The molecule has 4 aromatic carbocycles. The van der Waals surface area contributed by atoms with Gasteiger partial charge in [-0.05, 0) is 59.4 Å². The molecule has 5 aromatic rings. The molecule has 0 bridgehead atoms. The Balaban J connectivity index is 1.43. The summed E-state index contributed by atoms with van der Waals surface area (Å²) in [5.41, 5.74) is 1.35. The molecular weight excluding hydrogens is 673 g/mol. The number of hydrogen-bond acceptors (Lipinski definition) is 9. The van der Waals surface area contributed by atoms with Gasteiger partial charge in [-0.1, -0.05) is 81.4 Å². The van der Waals surface area contributed by atoms with Crippen LogP contribution < -0.4 is 24.5 Å². The molecule has 1 N–H and O–H groups in total. The van der Waals surface area contributed by atoms with Crippen molar-refractivity contribution in [3.05, 3.63) is 118 Å². The summed E-state index contributed by atoms with van der Waals surface area (Å²) >= 11 is 0. The van der Waals surface area contributed by atoms with Crippen molar-refractivity contribution in [2.75, 3.05) is 21.9 Å². The van der Waals surface area contributed by atoms with Crippen molar-refractivity contribution in [1.29, 1.82) is 0 Å². The number of benzene rings is 4. The second-order valence-corrected chi connectivity index (χ2v) is 15.4. The molecule has 1 amide bonds. The number of amides is 1. The van der Waals surface area contributed by atoms with E-state index in [0.29, 0.717) is 24.3 Å².